The van der Waals surface area contributed by atoms with Crippen molar-refractivity contribution in [3.8, 4) is 0 Å². The molecule has 2 aromatic rings. The molecule has 0 saturated heterocycles. The predicted molar refractivity (Wildman–Crippen MR) is 67.7 cm³/mol. The Kier molecular flexibility index (Phi) is 2.48. The molecule has 0 amide bonds. The van der Waals surface area contributed by atoms with E-state index in [-0.39, 0.29) is 6.04 Å². The van der Waals surface area contributed by atoms with Crippen molar-refractivity contribution in [2.24, 2.45) is 5.73 Å². The van der Waals surface area contributed by atoms with Crippen LogP contribution in [0.4, 0.5) is 0 Å². The van der Waals surface area contributed by atoms with Gasteiger partial charge in [-0.3, -0.25) is 0 Å². The van der Waals surface area contributed by atoms with Gasteiger partial charge < -0.3 is 10.3 Å². The van der Waals surface area contributed by atoms with Crippen molar-refractivity contribution < 1.29 is 0 Å². The highest BCUT2D eigenvalue weighted by molar-refractivity contribution is 5.39. The minimum atomic E-state index is 0.0489. The molecule has 2 atom stereocenters. The van der Waals surface area contributed by atoms with Gasteiger partial charge in [0.05, 0.1) is 12.0 Å². The molecule has 0 bridgehead atoms. The van der Waals surface area contributed by atoms with Crippen molar-refractivity contribution in [1.29, 1.82) is 0 Å². The second-order valence-electron chi connectivity index (χ2n) is 4.86. The van der Waals surface area contributed by atoms with Crippen LogP contribution in [0.5, 0.6) is 0 Å². The number of imidazole rings is 1. The van der Waals surface area contributed by atoms with E-state index in [9.17, 15) is 0 Å². The zero-order valence-corrected chi connectivity index (χ0v) is 10.0. The van der Waals surface area contributed by atoms with Crippen LogP contribution in [-0.4, -0.2) is 9.55 Å². The van der Waals surface area contributed by atoms with E-state index in [1.165, 1.54) is 17.5 Å². The van der Waals surface area contributed by atoms with E-state index in [0.717, 1.165) is 12.2 Å². The summed E-state index contributed by atoms with van der Waals surface area (Å²) in [5, 5.41) is 0. The van der Waals surface area contributed by atoms with E-state index in [4.69, 9.17) is 5.73 Å². The molecule has 17 heavy (non-hydrogen) atoms. The standard InChI is InChI=1S/C14H17N3/c1-10(15)14-7-16-9-17(14)8-12-6-11-4-2-3-5-13(11)12/h2-5,7,9-10,12H,6,8,15H2,1H3/t10-,12?/m0/s1. The third-order valence-corrected chi connectivity index (χ3v) is 3.59. The Labute approximate surface area is 101 Å². The SMILES string of the molecule is C[C@H](N)c1cncn1CC1Cc2ccccc21. The molecule has 0 aliphatic heterocycles. The number of hydrogen-bond acceptors (Lipinski definition) is 2. The van der Waals surface area contributed by atoms with Gasteiger partial charge in [-0.05, 0) is 24.5 Å². The lowest BCUT2D eigenvalue weighted by atomic mass is 9.77. The van der Waals surface area contributed by atoms with E-state index in [2.05, 4.69) is 33.8 Å². The van der Waals surface area contributed by atoms with E-state index in [1.807, 2.05) is 19.4 Å². The third-order valence-electron chi connectivity index (χ3n) is 3.59. The maximum Gasteiger partial charge on any atom is 0.0948 e. The number of rotatable bonds is 3. The highest BCUT2D eigenvalue weighted by Gasteiger charge is 2.26. The fourth-order valence-corrected chi connectivity index (χ4v) is 2.63. The lowest BCUT2D eigenvalue weighted by Crippen LogP contribution is -2.23. The van der Waals surface area contributed by atoms with E-state index >= 15 is 0 Å². The van der Waals surface area contributed by atoms with Gasteiger partial charge in [-0.25, -0.2) is 4.98 Å². The fraction of sp³-hybridized carbons (Fsp3) is 0.357. The van der Waals surface area contributed by atoms with Crippen LogP contribution in [0.15, 0.2) is 36.8 Å². The molecular formula is C14H17N3. The van der Waals surface area contributed by atoms with Gasteiger partial charge in [-0.1, -0.05) is 24.3 Å². The molecule has 1 heterocycles. The number of benzene rings is 1. The quantitative estimate of drug-likeness (QED) is 0.874. The number of nitrogens with two attached hydrogens (primary N) is 1. The summed E-state index contributed by atoms with van der Waals surface area (Å²) in [6, 6.07) is 8.72. The first-order valence-corrected chi connectivity index (χ1v) is 6.09. The van der Waals surface area contributed by atoms with Crippen LogP contribution in [0.25, 0.3) is 0 Å². The lowest BCUT2D eigenvalue weighted by Gasteiger charge is -2.31. The molecule has 2 N–H and O–H groups in total. The molecule has 0 fully saturated rings. The lowest BCUT2D eigenvalue weighted by molar-refractivity contribution is 0.490. The monoisotopic (exact) mass is 227 g/mol. The van der Waals surface area contributed by atoms with Gasteiger partial charge in [0.1, 0.15) is 0 Å². The predicted octanol–water partition coefficient (Wildman–Crippen LogP) is 2.24. The molecule has 88 valence electrons. The Hall–Kier alpha value is -1.61. The van der Waals surface area contributed by atoms with Gasteiger partial charge in [-0.2, -0.15) is 0 Å². The summed E-state index contributed by atoms with van der Waals surface area (Å²) in [6.07, 6.45) is 4.93. The second kappa shape index (κ2) is 4.00. The molecule has 1 aromatic carbocycles. The number of fused-ring (bicyclic) bond motifs is 1. The van der Waals surface area contributed by atoms with E-state index < -0.39 is 0 Å². The topological polar surface area (TPSA) is 43.8 Å². The summed E-state index contributed by atoms with van der Waals surface area (Å²) in [4.78, 5) is 4.19. The van der Waals surface area contributed by atoms with E-state index in [1.54, 1.807) is 0 Å². The van der Waals surface area contributed by atoms with Crippen molar-refractivity contribution in [1.82, 2.24) is 9.55 Å². The highest BCUT2D eigenvalue weighted by atomic mass is 15.1. The van der Waals surface area contributed by atoms with Gasteiger partial charge in [0.25, 0.3) is 0 Å². The Morgan fingerprint density at radius 2 is 2.29 bits per heavy atom. The first kappa shape index (κ1) is 10.5. The maximum atomic E-state index is 5.93. The summed E-state index contributed by atoms with van der Waals surface area (Å²) >= 11 is 0. The van der Waals surface area contributed by atoms with Crippen molar-refractivity contribution in [3.63, 3.8) is 0 Å². The van der Waals surface area contributed by atoms with Crippen LogP contribution in [0.1, 0.15) is 35.7 Å². The molecule has 3 rings (SSSR count). The Morgan fingerprint density at radius 3 is 3.06 bits per heavy atom. The zero-order valence-electron chi connectivity index (χ0n) is 10.0. The number of nitrogens with zero attached hydrogens (tertiary/aromatic N) is 2. The largest absolute Gasteiger partial charge is 0.333 e. The van der Waals surface area contributed by atoms with Gasteiger partial charge in [0.2, 0.25) is 0 Å². The molecule has 0 saturated carbocycles. The second-order valence-corrected chi connectivity index (χ2v) is 4.86. The molecule has 0 radical (unpaired) electrons. The van der Waals surface area contributed by atoms with E-state index in [0.29, 0.717) is 5.92 Å². The van der Waals surface area contributed by atoms with Gasteiger partial charge in [0, 0.05) is 24.7 Å². The average molecular weight is 227 g/mol. The van der Waals surface area contributed by atoms with Crippen LogP contribution in [0, 0.1) is 0 Å². The minimum Gasteiger partial charge on any atom is -0.333 e. The van der Waals surface area contributed by atoms with Crippen LogP contribution in [0.2, 0.25) is 0 Å². The van der Waals surface area contributed by atoms with Crippen LogP contribution < -0.4 is 5.73 Å². The average Bonchev–Trinajstić information content (AvgIpc) is 2.74. The molecule has 1 unspecified atom stereocenters. The summed E-state index contributed by atoms with van der Waals surface area (Å²) in [6.45, 7) is 3.00. The van der Waals surface area contributed by atoms with Gasteiger partial charge >= 0.3 is 0 Å². The van der Waals surface area contributed by atoms with Gasteiger partial charge in [0.15, 0.2) is 0 Å². The normalized spacial score (nSPS) is 19.5. The molecule has 3 heteroatoms. The van der Waals surface area contributed by atoms with Crippen molar-refractivity contribution >= 4 is 0 Å². The Morgan fingerprint density at radius 1 is 1.47 bits per heavy atom. The molecular weight excluding hydrogens is 210 g/mol. The van der Waals surface area contributed by atoms with Crippen molar-refractivity contribution in [3.05, 3.63) is 53.6 Å². The number of hydrogen-bond donors (Lipinski definition) is 1. The first-order chi connectivity index (χ1) is 8.25. The summed E-state index contributed by atoms with van der Waals surface area (Å²) < 4.78 is 2.19. The third kappa shape index (κ3) is 1.76. The zero-order chi connectivity index (χ0) is 11.8. The Bertz CT molecular complexity index is 528. The van der Waals surface area contributed by atoms with Crippen LogP contribution >= 0.6 is 0 Å². The molecule has 1 aromatic heterocycles. The minimum absolute atomic E-state index is 0.0489. The van der Waals surface area contributed by atoms with Crippen molar-refractivity contribution in [2.75, 3.05) is 0 Å². The molecule has 3 nitrogen and oxygen atoms in total. The van der Waals surface area contributed by atoms with Gasteiger partial charge in [-0.15, -0.1) is 0 Å². The molecule has 1 aliphatic carbocycles. The van der Waals surface area contributed by atoms with Crippen LogP contribution in [0.3, 0.4) is 0 Å². The number of aromatic nitrogens is 2. The Balaban J connectivity index is 1.80. The smallest absolute Gasteiger partial charge is 0.0948 e. The van der Waals surface area contributed by atoms with Crippen molar-refractivity contribution in [2.45, 2.75) is 31.8 Å². The molecule has 0 spiro atoms. The highest BCUT2D eigenvalue weighted by Crippen LogP contribution is 2.36. The summed E-state index contributed by atoms with van der Waals surface area (Å²) in [5.74, 6) is 0.623. The summed E-state index contributed by atoms with van der Waals surface area (Å²) in [5.41, 5.74) is 10.0. The maximum absolute atomic E-state index is 5.93. The first-order valence-electron chi connectivity index (χ1n) is 6.09. The van der Waals surface area contributed by atoms with Crippen LogP contribution in [-0.2, 0) is 13.0 Å². The fourth-order valence-electron chi connectivity index (χ4n) is 2.63. The summed E-state index contributed by atoms with van der Waals surface area (Å²) in [7, 11) is 0. The molecule has 1 aliphatic rings.